The van der Waals surface area contributed by atoms with Crippen molar-refractivity contribution in [3.8, 4) is 11.5 Å². The molecule has 0 fully saturated rings. The fraction of sp³-hybridized carbons (Fsp3) is 0.500. The Labute approximate surface area is 108 Å². The lowest BCUT2D eigenvalue weighted by atomic mass is 10.00. The Morgan fingerprint density at radius 3 is 2.11 bits per heavy atom. The van der Waals surface area contributed by atoms with Crippen molar-refractivity contribution in [2.45, 2.75) is 17.7 Å². The lowest BCUT2D eigenvalue weighted by Crippen LogP contribution is -2.15. The van der Waals surface area contributed by atoms with Gasteiger partial charge in [0, 0.05) is 11.8 Å². The highest BCUT2D eigenvalue weighted by Crippen LogP contribution is 2.38. The van der Waals surface area contributed by atoms with E-state index in [1.54, 1.807) is 12.1 Å². The molecular formula is C12H19NO4S. The van der Waals surface area contributed by atoms with E-state index in [-0.39, 0.29) is 10.8 Å². The van der Waals surface area contributed by atoms with Crippen LogP contribution in [-0.2, 0) is 9.84 Å². The summed E-state index contributed by atoms with van der Waals surface area (Å²) in [5, 5.41) is 0. The van der Waals surface area contributed by atoms with Gasteiger partial charge in [0.1, 0.15) is 16.4 Å². The molecule has 102 valence electrons. The van der Waals surface area contributed by atoms with Crippen LogP contribution < -0.4 is 15.2 Å². The molecule has 5 nitrogen and oxygen atoms in total. The van der Waals surface area contributed by atoms with Gasteiger partial charge in [-0.1, -0.05) is 6.92 Å². The van der Waals surface area contributed by atoms with Crippen LogP contribution >= 0.6 is 0 Å². The molecule has 0 radical (unpaired) electrons. The van der Waals surface area contributed by atoms with E-state index in [4.69, 9.17) is 15.2 Å². The van der Waals surface area contributed by atoms with Gasteiger partial charge in [-0.15, -0.1) is 0 Å². The van der Waals surface area contributed by atoms with Gasteiger partial charge in [0.15, 0.2) is 9.84 Å². The van der Waals surface area contributed by atoms with Crippen molar-refractivity contribution in [1.82, 2.24) is 0 Å². The van der Waals surface area contributed by atoms with Gasteiger partial charge in [-0.25, -0.2) is 8.42 Å². The largest absolute Gasteiger partial charge is 0.496 e. The maximum atomic E-state index is 11.9. The summed E-state index contributed by atoms with van der Waals surface area (Å²) >= 11 is 0. The fourth-order valence-corrected chi connectivity index (χ4v) is 3.09. The third-order valence-corrected chi connectivity index (χ3v) is 3.94. The van der Waals surface area contributed by atoms with Gasteiger partial charge < -0.3 is 15.2 Å². The molecular weight excluding hydrogens is 254 g/mol. The minimum Gasteiger partial charge on any atom is -0.496 e. The minimum absolute atomic E-state index is 0.139. The van der Waals surface area contributed by atoms with Gasteiger partial charge in [-0.05, 0) is 24.6 Å². The highest BCUT2D eigenvalue weighted by molar-refractivity contribution is 7.90. The SMILES string of the molecule is COc1ccc(OC)c(S(C)(=O)=O)c1C(C)CN. The van der Waals surface area contributed by atoms with E-state index in [9.17, 15) is 8.42 Å². The Bertz CT molecular complexity index is 525. The Morgan fingerprint density at radius 2 is 1.72 bits per heavy atom. The van der Waals surface area contributed by atoms with Crippen molar-refractivity contribution < 1.29 is 17.9 Å². The van der Waals surface area contributed by atoms with Crippen LogP contribution in [-0.4, -0.2) is 35.4 Å². The number of ether oxygens (including phenoxy) is 2. The zero-order chi connectivity index (χ0) is 13.9. The first-order valence-corrected chi connectivity index (χ1v) is 7.41. The molecule has 18 heavy (non-hydrogen) atoms. The second-order valence-electron chi connectivity index (χ2n) is 4.12. The van der Waals surface area contributed by atoms with Crippen molar-refractivity contribution >= 4 is 9.84 Å². The molecule has 0 aliphatic rings. The number of hydrogen-bond donors (Lipinski definition) is 1. The summed E-state index contributed by atoms with van der Waals surface area (Å²) in [5.74, 6) is 0.683. The lowest BCUT2D eigenvalue weighted by Gasteiger charge is -2.19. The van der Waals surface area contributed by atoms with Crippen LogP contribution in [0.15, 0.2) is 17.0 Å². The number of nitrogens with two attached hydrogens (primary N) is 1. The molecule has 1 aromatic rings. The van der Waals surface area contributed by atoms with Crippen molar-refractivity contribution in [3.63, 3.8) is 0 Å². The van der Waals surface area contributed by atoms with Crippen LogP contribution in [0, 0.1) is 0 Å². The summed E-state index contributed by atoms with van der Waals surface area (Å²) in [6, 6.07) is 3.27. The molecule has 0 aliphatic heterocycles. The second-order valence-corrected chi connectivity index (χ2v) is 6.07. The van der Waals surface area contributed by atoms with Crippen molar-refractivity contribution in [2.75, 3.05) is 27.0 Å². The summed E-state index contributed by atoms with van der Waals surface area (Å²) in [7, 11) is -0.486. The minimum atomic E-state index is -3.42. The van der Waals surface area contributed by atoms with Crippen LogP contribution in [0.25, 0.3) is 0 Å². The average molecular weight is 273 g/mol. The molecule has 0 saturated heterocycles. The van der Waals surface area contributed by atoms with Gasteiger partial charge in [0.25, 0.3) is 0 Å². The Morgan fingerprint density at radius 1 is 1.22 bits per heavy atom. The highest BCUT2D eigenvalue weighted by atomic mass is 32.2. The summed E-state index contributed by atoms with van der Waals surface area (Å²) in [6.45, 7) is 2.18. The molecule has 1 rings (SSSR count). The Kier molecular flexibility index (Phi) is 4.59. The van der Waals surface area contributed by atoms with Crippen molar-refractivity contribution in [3.05, 3.63) is 17.7 Å². The number of benzene rings is 1. The quantitative estimate of drug-likeness (QED) is 0.871. The molecule has 1 aromatic carbocycles. The smallest absolute Gasteiger partial charge is 0.179 e. The van der Waals surface area contributed by atoms with Gasteiger partial charge in [0.05, 0.1) is 14.2 Å². The first-order chi connectivity index (χ1) is 8.36. The van der Waals surface area contributed by atoms with Crippen LogP contribution in [0.1, 0.15) is 18.4 Å². The fourth-order valence-electron chi connectivity index (χ4n) is 1.87. The predicted molar refractivity (Wildman–Crippen MR) is 70.1 cm³/mol. The first-order valence-electron chi connectivity index (χ1n) is 5.51. The lowest BCUT2D eigenvalue weighted by molar-refractivity contribution is 0.384. The average Bonchev–Trinajstić information content (AvgIpc) is 2.34. The molecule has 1 unspecified atom stereocenters. The van der Waals surface area contributed by atoms with Crippen LogP contribution in [0.2, 0.25) is 0 Å². The second kappa shape index (κ2) is 5.58. The van der Waals surface area contributed by atoms with Crippen LogP contribution in [0.5, 0.6) is 11.5 Å². The van der Waals surface area contributed by atoms with Crippen molar-refractivity contribution in [1.29, 1.82) is 0 Å². The normalized spacial score (nSPS) is 13.2. The Hall–Kier alpha value is -1.27. The molecule has 0 amide bonds. The van der Waals surface area contributed by atoms with E-state index in [1.165, 1.54) is 14.2 Å². The van der Waals surface area contributed by atoms with E-state index in [0.29, 0.717) is 23.6 Å². The molecule has 6 heteroatoms. The van der Waals surface area contributed by atoms with Crippen molar-refractivity contribution in [2.24, 2.45) is 5.73 Å². The Balaban J connectivity index is 3.70. The van der Waals surface area contributed by atoms with Gasteiger partial charge in [-0.2, -0.15) is 0 Å². The number of rotatable bonds is 5. The molecule has 0 spiro atoms. The summed E-state index contributed by atoms with van der Waals surface area (Å²) in [5.41, 5.74) is 6.21. The number of methoxy groups -OCH3 is 2. The number of sulfone groups is 1. The van der Waals surface area contributed by atoms with Gasteiger partial charge in [0.2, 0.25) is 0 Å². The van der Waals surface area contributed by atoms with E-state index in [1.807, 2.05) is 6.92 Å². The van der Waals surface area contributed by atoms with E-state index in [0.717, 1.165) is 6.26 Å². The molecule has 0 aliphatic carbocycles. The maximum absolute atomic E-state index is 11.9. The van der Waals surface area contributed by atoms with E-state index in [2.05, 4.69) is 0 Å². The van der Waals surface area contributed by atoms with Gasteiger partial charge >= 0.3 is 0 Å². The zero-order valence-corrected chi connectivity index (χ0v) is 11.9. The van der Waals surface area contributed by atoms with Gasteiger partial charge in [-0.3, -0.25) is 0 Å². The summed E-state index contributed by atoms with van der Waals surface area (Å²) in [6.07, 6.45) is 1.15. The van der Waals surface area contributed by atoms with Crippen LogP contribution in [0.3, 0.4) is 0 Å². The van der Waals surface area contributed by atoms with E-state index < -0.39 is 9.84 Å². The highest BCUT2D eigenvalue weighted by Gasteiger charge is 2.25. The molecule has 0 heterocycles. The first kappa shape index (κ1) is 14.8. The third-order valence-electron chi connectivity index (χ3n) is 2.78. The summed E-state index contributed by atoms with van der Waals surface area (Å²) < 4.78 is 34.3. The topological polar surface area (TPSA) is 78.6 Å². The molecule has 0 bridgehead atoms. The summed E-state index contributed by atoms with van der Waals surface area (Å²) in [4.78, 5) is 0.155. The zero-order valence-electron chi connectivity index (χ0n) is 11.1. The van der Waals surface area contributed by atoms with Crippen LogP contribution in [0.4, 0.5) is 0 Å². The standard InChI is InChI=1S/C12H19NO4S/c1-8(7-13)11-9(16-2)5-6-10(17-3)12(11)18(4,14)15/h5-6,8H,7,13H2,1-4H3. The monoisotopic (exact) mass is 273 g/mol. The molecule has 2 N–H and O–H groups in total. The molecule has 0 aromatic heterocycles. The maximum Gasteiger partial charge on any atom is 0.179 e. The number of hydrogen-bond acceptors (Lipinski definition) is 5. The predicted octanol–water partition coefficient (Wildman–Crippen LogP) is 1.17. The third kappa shape index (κ3) is 2.76. The molecule has 1 atom stereocenters. The van der Waals surface area contributed by atoms with E-state index >= 15 is 0 Å². The molecule has 0 saturated carbocycles.